The van der Waals surface area contributed by atoms with Gasteiger partial charge in [-0.2, -0.15) is 0 Å². The first-order valence-electron chi connectivity index (χ1n) is 8.86. The van der Waals surface area contributed by atoms with Crippen LogP contribution in [0.5, 0.6) is 0 Å². The van der Waals surface area contributed by atoms with Gasteiger partial charge in [0.1, 0.15) is 0 Å². The number of nitrogens with one attached hydrogen (secondary N) is 3. The lowest BCUT2D eigenvalue weighted by atomic mass is 10.2. The number of guanidine groups is 1. The van der Waals surface area contributed by atoms with E-state index in [-0.39, 0.29) is 29.9 Å². The largest absolute Gasteiger partial charge is 0.379 e. The van der Waals surface area contributed by atoms with Gasteiger partial charge in [-0.05, 0) is 24.6 Å². The molecule has 146 valence electrons. The third kappa shape index (κ3) is 8.81. The fourth-order valence-electron chi connectivity index (χ4n) is 2.62. The Hall–Kier alpha value is -1.39. The minimum Gasteiger partial charge on any atom is -0.379 e. The van der Waals surface area contributed by atoms with E-state index in [1.54, 1.807) is 0 Å². The molecule has 1 fully saturated rings. The molecule has 1 aliphatic rings. The fourth-order valence-corrected chi connectivity index (χ4v) is 2.62. The van der Waals surface area contributed by atoms with Crippen molar-refractivity contribution in [1.29, 1.82) is 0 Å². The topological polar surface area (TPSA) is 78.0 Å². The number of benzene rings is 1. The second-order valence-corrected chi connectivity index (χ2v) is 5.96. The molecular weight excluding hydrogens is 445 g/mol. The summed E-state index contributed by atoms with van der Waals surface area (Å²) in [6.45, 7) is 10.4. The highest BCUT2D eigenvalue weighted by molar-refractivity contribution is 14.0. The highest BCUT2D eigenvalue weighted by Crippen LogP contribution is 2.11. The minimum absolute atomic E-state index is 0. The molecule has 2 rings (SSSR count). The number of nitrogens with zero attached hydrogens (tertiary/aromatic N) is 2. The molecule has 1 aromatic rings. The van der Waals surface area contributed by atoms with Crippen LogP contribution in [-0.4, -0.2) is 62.7 Å². The van der Waals surface area contributed by atoms with Crippen LogP contribution in [0, 0.1) is 0 Å². The van der Waals surface area contributed by atoms with Crippen molar-refractivity contribution in [2.75, 3.05) is 51.3 Å². The van der Waals surface area contributed by atoms with Crippen LogP contribution in [0.1, 0.15) is 19.4 Å². The maximum atomic E-state index is 11.2. The van der Waals surface area contributed by atoms with Crippen molar-refractivity contribution in [3.63, 3.8) is 0 Å². The average Bonchev–Trinajstić information content (AvgIpc) is 2.60. The van der Waals surface area contributed by atoms with Crippen LogP contribution < -0.4 is 16.0 Å². The summed E-state index contributed by atoms with van der Waals surface area (Å²) in [6.07, 6.45) is 0. The number of amides is 1. The first kappa shape index (κ1) is 22.7. The van der Waals surface area contributed by atoms with Crippen molar-refractivity contribution in [3.05, 3.63) is 29.8 Å². The second-order valence-electron chi connectivity index (χ2n) is 5.96. The third-order valence-corrected chi connectivity index (χ3v) is 3.84. The van der Waals surface area contributed by atoms with Crippen LogP contribution in [0.15, 0.2) is 29.3 Å². The molecule has 0 aliphatic carbocycles. The molecule has 0 bridgehead atoms. The zero-order valence-corrected chi connectivity index (χ0v) is 17.9. The molecule has 1 saturated heterocycles. The highest BCUT2D eigenvalue weighted by atomic mass is 127. The summed E-state index contributed by atoms with van der Waals surface area (Å²) in [6, 6.07) is 7.75. The molecule has 1 amide bonds. The number of anilines is 1. The molecule has 0 spiro atoms. The number of aliphatic imine (C=N–C) groups is 1. The Morgan fingerprint density at radius 2 is 2.04 bits per heavy atom. The molecule has 0 saturated carbocycles. The standard InChI is InChI=1S/C18H29N5O2.HI/c1-3-19-18(20-7-8-23-9-11-25-12-10-23)21-14-16-5-4-6-17(13-16)22-15(2)24;/h4-6,13H,3,7-12,14H2,1-2H3,(H,22,24)(H2,19,20,21);1H. The van der Waals surface area contributed by atoms with Gasteiger partial charge in [-0.15, -0.1) is 24.0 Å². The quantitative estimate of drug-likeness (QED) is 0.318. The van der Waals surface area contributed by atoms with Crippen molar-refractivity contribution in [2.24, 2.45) is 4.99 Å². The van der Waals surface area contributed by atoms with Crippen molar-refractivity contribution in [1.82, 2.24) is 15.5 Å². The summed E-state index contributed by atoms with van der Waals surface area (Å²) in [7, 11) is 0. The molecule has 7 nitrogen and oxygen atoms in total. The summed E-state index contributed by atoms with van der Waals surface area (Å²) in [5, 5.41) is 9.43. The number of ether oxygens (including phenoxy) is 1. The summed E-state index contributed by atoms with van der Waals surface area (Å²) >= 11 is 0. The van der Waals surface area contributed by atoms with Crippen LogP contribution in [0.3, 0.4) is 0 Å². The van der Waals surface area contributed by atoms with Crippen LogP contribution >= 0.6 is 24.0 Å². The summed E-state index contributed by atoms with van der Waals surface area (Å²) < 4.78 is 5.36. The molecule has 1 heterocycles. The molecule has 1 aromatic carbocycles. The van der Waals surface area contributed by atoms with Crippen molar-refractivity contribution < 1.29 is 9.53 Å². The zero-order valence-electron chi connectivity index (χ0n) is 15.6. The molecular formula is C18H30IN5O2. The number of hydrogen-bond donors (Lipinski definition) is 3. The molecule has 0 radical (unpaired) electrons. The maximum absolute atomic E-state index is 11.2. The van der Waals surface area contributed by atoms with E-state index in [1.165, 1.54) is 6.92 Å². The zero-order chi connectivity index (χ0) is 17.9. The normalized spacial score (nSPS) is 15.1. The number of hydrogen-bond acceptors (Lipinski definition) is 4. The fraction of sp³-hybridized carbons (Fsp3) is 0.556. The predicted octanol–water partition coefficient (Wildman–Crippen LogP) is 1.65. The smallest absolute Gasteiger partial charge is 0.221 e. The van der Waals surface area contributed by atoms with Gasteiger partial charge >= 0.3 is 0 Å². The van der Waals surface area contributed by atoms with Gasteiger partial charge in [0.05, 0.1) is 19.8 Å². The first-order valence-corrected chi connectivity index (χ1v) is 8.86. The van der Waals surface area contributed by atoms with E-state index in [0.717, 1.165) is 63.1 Å². The Morgan fingerprint density at radius 1 is 1.27 bits per heavy atom. The van der Waals surface area contributed by atoms with Gasteiger partial charge in [-0.25, -0.2) is 4.99 Å². The monoisotopic (exact) mass is 475 g/mol. The lowest BCUT2D eigenvalue weighted by Gasteiger charge is -2.26. The third-order valence-electron chi connectivity index (χ3n) is 3.84. The van der Waals surface area contributed by atoms with E-state index in [4.69, 9.17) is 4.74 Å². The number of halogens is 1. The Balaban J connectivity index is 0.00000338. The molecule has 0 unspecified atom stereocenters. The number of rotatable bonds is 7. The van der Waals surface area contributed by atoms with E-state index >= 15 is 0 Å². The van der Waals surface area contributed by atoms with Gasteiger partial charge in [-0.3, -0.25) is 9.69 Å². The van der Waals surface area contributed by atoms with Crippen molar-refractivity contribution in [2.45, 2.75) is 20.4 Å². The Kier molecular flexibility index (Phi) is 11.2. The summed E-state index contributed by atoms with van der Waals surface area (Å²) in [5.74, 6) is 0.736. The number of morpholine rings is 1. The molecule has 8 heteroatoms. The predicted molar refractivity (Wildman–Crippen MR) is 116 cm³/mol. The SMILES string of the molecule is CCNC(=NCc1cccc(NC(C)=O)c1)NCCN1CCOCC1.I. The van der Waals surface area contributed by atoms with Crippen molar-refractivity contribution >= 4 is 41.5 Å². The molecule has 1 aliphatic heterocycles. The van der Waals surface area contributed by atoms with Gasteiger partial charge in [0.2, 0.25) is 5.91 Å². The first-order chi connectivity index (χ1) is 12.2. The van der Waals surface area contributed by atoms with E-state index in [2.05, 4.69) is 32.8 Å². The van der Waals surface area contributed by atoms with Crippen LogP contribution in [0.2, 0.25) is 0 Å². The maximum Gasteiger partial charge on any atom is 0.221 e. The van der Waals surface area contributed by atoms with Gasteiger partial charge < -0.3 is 20.7 Å². The van der Waals surface area contributed by atoms with Crippen LogP contribution in [0.4, 0.5) is 5.69 Å². The Bertz CT molecular complexity index is 576. The lowest BCUT2D eigenvalue weighted by Crippen LogP contribution is -2.44. The second kappa shape index (κ2) is 12.9. The lowest BCUT2D eigenvalue weighted by molar-refractivity contribution is -0.114. The Morgan fingerprint density at radius 3 is 2.73 bits per heavy atom. The van der Waals surface area contributed by atoms with Gasteiger partial charge in [0.25, 0.3) is 0 Å². The summed E-state index contributed by atoms with van der Waals surface area (Å²) in [4.78, 5) is 18.2. The Labute approximate surface area is 173 Å². The van der Waals surface area contributed by atoms with Crippen LogP contribution in [0.25, 0.3) is 0 Å². The van der Waals surface area contributed by atoms with E-state index in [1.807, 2.05) is 24.3 Å². The number of carbonyl (C=O) groups excluding carboxylic acids is 1. The van der Waals surface area contributed by atoms with E-state index in [0.29, 0.717) is 6.54 Å². The molecule has 0 aromatic heterocycles. The highest BCUT2D eigenvalue weighted by Gasteiger charge is 2.09. The molecule has 3 N–H and O–H groups in total. The molecule has 26 heavy (non-hydrogen) atoms. The molecule has 0 atom stereocenters. The van der Waals surface area contributed by atoms with E-state index in [9.17, 15) is 4.79 Å². The van der Waals surface area contributed by atoms with Crippen LogP contribution in [-0.2, 0) is 16.1 Å². The summed E-state index contributed by atoms with van der Waals surface area (Å²) in [5.41, 5.74) is 1.85. The number of carbonyl (C=O) groups is 1. The van der Waals surface area contributed by atoms with Gasteiger partial charge in [-0.1, -0.05) is 12.1 Å². The average molecular weight is 475 g/mol. The van der Waals surface area contributed by atoms with E-state index < -0.39 is 0 Å². The minimum atomic E-state index is -0.0706. The van der Waals surface area contributed by atoms with Gasteiger partial charge in [0.15, 0.2) is 5.96 Å². The van der Waals surface area contributed by atoms with Gasteiger partial charge in [0, 0.05) is 45.3 Å². The van der Waals surface area contributed by atoms with Crippen molar-refractivity contribution in [3.8, 4) is 0 Å².